The number of phosphoric acid groups is 1. The van der Waals surface area contributed by atoms with Crippen molar-refractivity contribution < 1.29 is 42.1 Å². The van der Waals surface area contributed by atoms with E-state index in [1.807, 2.05) is 21.1 Å². The number of unbranched alkanes of at least 4 members (excludes halogenated alkanes) is 34. The Bertz CT molecular complexity index is 1840. The van der Waals surface area contributed by atoms with Crippen LogP contribution in [-0.4, -0.2) is 70.0 Å². The van der Waals surface area contributed by atoms with Crippen LogP contribution >= 0.6 is 7.82 Å². The van der Waals surface area contributed by atoms with E-state index in [0.717, 1.165) is 96.3 Å². The van der Waals surface area contributed by atoms with Crippen molar-refractivity contribution in [1.29, 1.82) is 0 Å². The number of likely N-dealkylation sites (N-methyl/N-ethyl adjacent to an activating group) is 1. The Morgan fingerprint density at radius 3 is 0.977 bits per heavy atom. The Morgan fingerprint density at radius 2 is 0.655 bits per heavy atom. The van der Waals surface area contributed by atoms with Crippen molar-refractivity contribution in [2.24, 2.45) is 0 Å². The minimum absolute atomic E-state index is 0.0326. The summed E-state index contributed by atoms with van der Waals surface area (Å²) >= 11 is 0. The van der Waals surface area contributed by atoms with Gasteiger partial charge in [0.2, 0.25) is 0 Å². The van der Waals surface area contributed by atoms with Crippen LogP contribution < -0.4 is 4.89 Å². The van der Waals surface area contributed by atoms with Crippen LogP contribution in [0, 0.1) is 0 Å². The van der Waals surface area contributed by atoms with Crippen LogP contribution in [0.15, 0.2) is 109 Å². The molecule has 0 amide bonds. The topological polar surface area (TPSA) is 111 Å². The van der Waals surface area contributed by atoms with E-state index in [1.54, 1.807) is 0 Å². The summed E-state index contributed by atoms with van der Waals surface area (Å²) in [6.45, 7) is 4.16. The number of carbonyl (C=O) groups excluding carboxylic acids is 2. The third kappa shape index (κ3) is 71.6. The fraction of sp³-hybridized carbons (Fsp3) is 0.740. The average molecular weight is 1230 g/mol. The van der Waals surface area contributed by atoms with Gasteiger partial charge in [0.1, 0.15) is 19.8 Å². The van der Waals surface area contributed by atoms with Crippen molar-refractivity contribution >= 4 is 19.8 Å². The van der Waals surface area contributed by atoms with Gasteiger partial charge >= 0.3 is 11.9 Å². The predicted octanol–water partition coefficient (Wildman–Crippen LogP) is 23.0. The molecule has 0 aromatic rings. The molecular formula is C77H136NO8P. The number of esters is 2. The molecule has 0 rings (SSSR count). The first kappa shape index (κ1) is 83.7. The lowest BCUT2D eigenvalue weighted by Crippen LogP contribution is -2.37. The molecule has 9 nitrogen and oxygen atoms in total. The zero-order valence-electron chi connectivity index (χ0n) is 57.2. The zero-order valence-corrected chi connectivity index (χ0v) is 58.1. The molecule has 0 fully saturated rings. The Hall–Kier alpha value is -3.33. The average Bonchev–Trinajstić information content (AvgIpc) is 3.50. The largest absolute Gasteiger partial charge is 0.756 e. The highest BCUT2D eigenvalue weighted by molar-refractivity contribution is 7.45. The van der Waals surface area contributed by atoms with Gasteiger partial charge in [0.25, 0.3) is 7.82 Å². The lowest BCUT2D eigenvalue weighted by atomic mass is 10.0. The Labute approximate surface area is 537 Å². The number of allylic oxidation sites excluding steroid dienone is 18. The van der Waals surface area contributed by atoms with Gasteiger partial charge in [0.05, 0.1) is 27.7 Å². The van der Waals surface area contributed by atoms with E-state index >= 15 is 0 Å². The molecule has 2 unspecified atom stereocenters. The van der Waals surface area contributed by atoms with E-state index in [-0.39, 0.29) is 32.0 Å². The number of quaternary nitrogens is 1. The predicted molar refractivity (Wildman–Crippen MR) is 374 cm³/mol. The zero-order chi connectivity index (χ0) is 63.4. The number of carbonyl (C=O) groups is 2. The fourth-order valence-electron chi connectivity index (χ4n) is 10.1. The lowest BCUT2D eigenvalue weighted by molar-refractivity contribution is -0.870. The maximum absolute atomic E-state index is 12.9. The number of nitrogens with zero attached hydrogens (tertiary/aromatic N) is 1. The van der Waals surface area contributed by atoms with E-state index in [1.165, 1.54) is 186 Å². The lowest BCUT2D eigenvalue weighted by Gasteiger charge is -2.28. The Kier molecular flexibility index (Phi) is 64.5. The van der Waals surface area contributed by atoms with Crippen LogP contribution in [0.25, 0.3) is 0 Å². The van der Waals surface area contributed by atoms with Crippen molar-refractivity contribution in [2.75, 3.05) is 47.5 Å². The highest BCUT2D eigenvalue weighted by Crippen LogP contribution is 2.38. The molecule has 0 saturated carbocycles. The summed E-state index contributed by atoms with van der Waals surface area (Å²) in [5, 5.41) is 0. The van der Waals surface area contributed by atoms with Crippen LogP contribution in [0.4, 0.5) is 0 Å². The second-order valence-electron chi connectivity index (χ2n) is 25.2. The van der Waals surface area contributed by atoms with Crippen molar-refractivity contribution in [3.05, 3.63) is 109 Å². The second-order valence-corrected chi connectivity index (χ2v) is 26.6. The molecule has 87 heavy (non-hydrogen) atoms. The first-order valence-corrected chi connectivity index (χ1v) is 37.6. The molecule has 0 radical (unpaired) electrons. The van der Waals surface area contributed by atoms with Crippen LogP contribution in [0.3, 0.4) is 0 Å². The number of ether oxygens (including phenoxy) is 2. The van der Waals surface area contributed by atoms with E-state index in [2.05, 4.69) is 123 Å². The van der Waals surface area contributed by atoms with Gasteiger partial charge in [-0.05, 0) is 83.5 Å². The number of hydrogen-bond acceptors (Lipinski definition) is 8. The van der Waals surface area contributed by atoms with Gasteiger partial charge in [0, 0.05) is 12.8 Å². The van der Waals surface area contributed by atoms with Crippen LogP contribution in [0.5, 0.6) is 0 Å². The van der Waals surface area contributed by atoms with Crippen LogP contribution in [0.2, 0.25) is 0 Å². The number of hydrogen-bond donors (Lipinski definition) is 0. The highest BCUT2D eigenvalue weighted by Gasteiger charge is 2.22. The van der Waals surface area contributed by atoms with Gasteiger partial charge in [-0.2, -0.15) is 0 Å². The second kappa shape index (κ2) is 67.1. The van der Waals surface area contributed by atoms with E-state index in [9.17, 15) is 19.0 Å². The third-order valence-electron chi connectivity index (χ3n) is 15.6. The molecule has 2 atom stereocenters. The standard InChI is InChI=1S/C77H136NO8P/c1-6-8-10-12-14-16-18-20-22-24-26-28-30-31-32-33-34-35-36-37-38-39-40-41-42-43-44-45-46-47-48-50-52-54-56-58-60-62-64-66-68-70-77(80)86-75(74-85-87(81,82)84-72-71-78(3,4)5)73-83-76(79)69-67-65-63-61-59-57-55-53-51-49-29-27-25-23-21-19-17-15-13-11-9-7-2/h8,10,14,16,20,22,26,28,31-32,34-35,37-38,40-41,43-44,75H,6-7,9,11-13,15,17-19,21,23-25,27,29-30,33,36,39,42,45-74H2,1-5H3/b10-8-,16-14-,22-20-,28-26-,32-31-,35-34-,38-37-,41-40-,44-43-. The van der Waals surface area contributed by atoms with Gasteiger partial charge in [-0.15, -0.1) is 0 Å². The quantitative estimate of drug-likeness (QED) is 0.0195. The minimum atomic E-state index is -4.64. The summed E-state index contributed by atoms with van der Waals surface area (Å²) < 4.78 is 34.3. The molecule has 0 N–H and O–H groups in total. The molecule has 0 aliphatic rings. The first-order chi connectivity index (χ1) is 42.5. The van der Waals surface area contributed by atoms with E-state index in [4.69, 9.17) is 18.5 Å². The van der Waals surface area contributed by atoms with Crippen LogP contribution in [-0.2, 0) is 32.7 Å². The molecular weight excluding hydrogens is 1100 g/mol. The van der Waals surface area contributed by atoms with Crippen molar-refractivity contribution in [2.45, 2.75) is 322 Å². The summed E-state index contributed by atoms with van der Waals surface area (Å²) in [5.41, 5.74) is 0. The van der Waals surface area contributed by atoms with Crippen molar-refractivity contribution in [3.63, 3.8) is 0 Å². The summed E-state index contributed by atoms with van der Waals surface area (Å²) in [5.74, 6) is -0.824. The van der Waals surface area contributed by atoms with Crippen LogP contribution in [0.1, 0.15) is 316 Å². The molecule has 0 aliphatic heterocycles. The maximum atomic E-state index is 12.9. The van der Waals surface area contributed by atoms with Gasteiger partial charge in [-0.25, -0.2) is 0 Å². The van der Waals surface area contributed by atoms with E-state index < -0.39 is 26.5 Å². The maximum Gasteiger partial charge on any atom is 0.306 e. The molecule has 0 aliphatic carbocycles. The van der Waals surface area contributed by atoms with E-state index in [0.29, 0.717) is 17.4 Å². The minimum Gasteiger partial charge on any atom is -0.756 e. The van der Waals surface area contributed by atoms with Gasteiger partial charge in [-0.1, -0.05) is 329 Å². The Balaban J connectivity index is 4.02. The molecule has 10 heteroatoms. The first-order valence-electron chi connectivity index (χ1n) is 36.1. The SMILES string of the molecule is CC/C=C\C/C=C\C/C=C\C/C=C\C/C=C\C/C=C\C/C=C\C/C=C\C/C=C\CCCCCCCCCCCCCCCC(=O)OC(COC(=O)CCCCCCCCCCCCCCCCCCCCCCCC)COP(=O)([O-])OCC[N+](C)(C)C. The number of rotatable bonds is 66. The Morgan fingerprint density at radius 1 is 0.368 bits per heavy atom. The van der Waals surface area contributed by atoms with Gasteiger partial charge < -0.3 is 27.9 Å². The summed E-state index contributed by atoms with van der Waals surface area (Å²) in [6, 6.07) is 0. The molecule has 502 valence electrons. The molecule has 0 bridgehead atoms. The van der Waals surface area contributed by atoms with Gasteiger partial charge in [-0.3, -0.25) is 14.2 Å². The fourth-order valence-corrected chi connectivity index (χ4v) is 10.8. The van der Waals surface area contributed by atoms with Crippen molar-refractivity contribution in [3.8, 4) is 0 Å². The highest BCUT2D eigenvalue weighted by atomic mass is 31.2. The van der Waals surface area contributed by atoms with Gasteiger partial charge in [0.15, 0.2) is 6.10 Å². The molecule has 0 heterocycles. The molecule has 0 saturated heterocycles. The summed E-state index contributed by atoms with van der Waals surface area (Å²) in [7, 11) is 1.17. The molecule has 0 aromatic heterocycles. The molecule has 0 aromatic carbocycles. The van der Waals surface area contributed by atoms with Crippen molar-refractivity contribution in [1.82, 2.24) is 0 Å². The smallest absolute Gasteiger partial charge is 0.306 e. The molecule has 0 spiro atoms. The normalized spacial score (nSPS) is 13.8. The summed E-state index contributed by atoms with van der Waals surface area (Å²) in [4.78, 5) is 38.1. The monoisotopic (exact) mass is 1230 g/mol. The summed E-state index contributed by atoms with van der Waals surface area (Å²) in [6.07, 6.45) is 94.6. The number of phosphoric ester groups is 1. The third-order valence-corrected chi connectivity index (χ3v) is 16.5.